The quantitative estimate of drug-likeness (QED) is 0.598. The van der Waals surface area contributed by atoms with Gasteiger partial charge in [0.25, 0.3) is 0 Å². The van der Waals surface area contributed by atoms with Crippen molar-refractivity contribution in [2.75, 3.05) is 13.1 Å². The molecule has 14 heavy (non-hydrogen) atoms. The first kappa shape index (κ1) is 11.0. The van der Waals surface area contributed by atoms with Crippen LogP contribution >= 0.6 is 0 Å². The molecule has 1 heterocycles. The van der Waals surface area contributed by atoms with Crippen molar-refractivity contribution in [3.8, 4) is 0 Å². The minimum atomic E-state index is 0.0332. The first-order valence-corrected chi connectivity index (χ1v) is 5.32. The molecule has 4 nitrogen and oxygen atoms in total. The molecule has 1 saturated heterocycles. The summed E-state index contributed by atoms with van der Waals surface area (Å²) in [6, 6.07) is 0. The second kappa shape index (κ2) is 6.40. The molecule has 2 N–H and O–H groups in total. The maximum Gasteiger partial charge on any atom is 0.221 e. The number of nitrogens with one attached hydrogen (secondary N) is 2. The highest BCUT2D eigenvalue weighted by Crippen LogP contribution is 2.02. The van der Waals surface area contributed by atoms with Crippen LogP contribution in [0, 0.1) is 0 Å². The van der Waals surface area contributed by atoms with E-state index in [1.165, 1.54) is 0 Å². The van der Waals surface area contributed by atoms with E-state index in [2.05, 4.69) is 10.6 Å². The fraction of sp³-hybridized carbons (Fsp3) is 0.800. The summed E-state index contributed by atoms with van der Waals surface area (Å²) in [6.07, 6.45) is 5.14. The van der Waals surface area contributed by atoms with Crippen molar-refractivity contribution in [2.24, 2.45) is 0 Å². The Morgan fingerprint density at radius 3 is 2.21 bits per heavy atom. The largest absolute Gasteiger partial charge is 0.356 e. The molecule has 1 aliphatic rings. The van der Waals surface area contributed by atoms with Gasteiger partial charge in [-0.1, -0.05) is 12.8 Å². The predicted octanol–water partition coefficient (Wildman–Crippen LogP) is 0.573. The summed E-state index contributed by atoms with van der Waals surface area (Å²) in [7, 11) is 0. The summed E-state index contributed by atoms with van der Waals surface area (Å²) in [4.78, 5) is 22.3. The normalized spacial score (nSPS) is 21.4. The number of carbonyl (C=O) groups excluding carboxylic acids is 2. The molecule has 0 atom stereocenters. The molecule has 1 aliphatic heterocycles. The Hall–Kier alpha value is -1.06. The van der Waals surface area contributed by atoms with Crippen molar-refractivity contribution in [3.63, 3.8) is 0 Å². The zero-order valence-electron chi connectivity index (χ0n) is 8.47. The van der Waals surface area contributed by atoms with E-state index in [1.54, 1.807) is 0 Å². The molecular formula is C10H18N2O2. The monoisotopic (exact) mass is 198 g/mol. The van der Waals surface area contributed by atoms with Crippen LogP contribution in [0.4, 0.5) is 0 Å². The van der Waals surface area contributed by atoms with E-state index in [0.29, 0.717) is 19.4 Å². The first-order chi connectivity index (χ1) is 6.79. The zero-order chi connectivity index (χ0) is 10.2. The van der Waals surface area contributed by atoms with Gasteiger partial charge in [-0.25, -0.2) is 0 Å². The minimum absolute atomic E-state index is 0.0332. The highest BCUT2D eigenvalue weighted by molar-refractivity contribution is 5.78. The molecule has 0 radical (unpaired) electrons. The van der Waals surface area contributed by atoms with Crippen LogP contribution < -0.4 is 10.6 Å². The maximum absolute atomic E-state index is 11.2. The van der Waals surface area contributed by atoms with Crippen molar-refractivity contribution < 1.29 is 9.59 Å². The highest BCUT2D eigenvalue weighted by atomic mass is 16.2. The molecule has 0 unspecified atom stereocenters. The Labute approximate surface area is 84.4 Å². The second-order valence-corrected chi connectivity index (χ2v) is 3.61. The molecule has 0 aromatic carbocycles. The van der Waals surface area contributed by atoms with Crippen LogP contribution in [0.5, 0.6) is 0 Å². The van der Waals surface area contributed by atoms with Gasteiger partial charge in [-0.15, -0.1) is 0 Å². The van der Waals surface area contributed by atoms with E-state index >= 15 is 0 Å². The standard InChI is InChI=1S/C10H18N2O2/c13-9-5-3-1-2-4-7-11-10(14)6-8-12-9/h1-8H2,(H,11,14)(H,12,13). The Bertz CT molecular complexity index is 184. The smallest absolute Gasteiger partial charge is 0.221 e. The minimum Gasteiger partial charge on any atom is -0.356 e. The molecule has 0 aromatic heterocycles. The van der Waals surface area contributed by atoms with Gasteiger partial charge >= 0.3 is 0 Å². The van der Waals surface area contributed by atoms with Crippen LogP contribution in [0.2, 0.25) is 0 Å². The molecule has 4 heteroatoms. The lowest BCUT2D eigenvalue weighted by Gasteiger charge is -2.08. The average molecular weight is 198 g/mol. The number of amides is 2. The Morgan fingerprint density at radius 1 is 0.714 bits per heavy atom. The fourth-order valence-electron chi connectivity index (χ4n) is 1.48. The van der Waals surface area contributed by atoms with E-state index in [9.17, 15) is 9.59 Å². The van der Waals surface area contributed by atoms with E-state index in [1.807, 2.05) is 0 Å². The van der Waals surface area contributed by atoms with Crippen LogP contribution in [0.3, 0.4) is 0 Å². The van der Waals surface area contributed by atoms with E-state index in [0.717, 1.165) is 32.2 Å². The zero-order valence-corrected chi connectivity index (χ0v) is 8.47. The first-order valence-electron chi connectivity index (χ1n) is 5.32. The topological polar surface area (TPSA) is 58.2 Å². The molecular weight excluding hydrogens is 180 g/mol. The number of hydrogen-bond acceptors (Lipinski definition) is 2. The van der Waals surface area contributed by atoms with Crippen molar-refractivity contribution in [2.45, 2.75) is 38.5 Å². The molecule has 1 fully saturated rings. The third-order valence-electron chi connectivity index (χ3n) is 2.33. The van der Waals surface area contributed by atoms with Crippen molar-refractivity contribution >= 4 is 11.8 Å². The van der Waals surface area contributed by atoms with Crippen molar-refractivity contribution in [1.82, 2.24) is 10.6 Å². The van der Waals surface area contributed by atoms with Crippen LogP contribution in [-0.4, -0.2) is 24.9 Å². The van der Waals surface area contributed by atoms with Gasteiger partial charge in [-0.3, -0.25) is 9.59 Å². The second-order valence-electron chi connectivity index (χ2n) is 3.61. The lowest BCUT2D eigenvalue weighted by molar-refractivity contribution is -0.122. The van der Waals surface area contributed by atoms with Gasteiger partial charge < -0.3 is 10.6 Å². The number of rotatable bonds is 0. The summed E-state index contributed by atoms with van der Waals surface area (Å²) in [5, 5.41) is 5.56. The Morgan fingerprint density at radius 2 is 1.36 bits per heavy atom. The summed E-state index contributed by atoms with van der Waals surface area (Å²) in [6.45, 7) is 1.23. The molecule has 2 amide bonds. The summed E-state index contributed by atoms with van der Waals surface area (Å²) in [5.41, 5.74) is 0. The fourth-order valence-corrected chi connectivity index (χ4v) is 1.48. The van der Waals surface area contributed by atoms with Gasteiger partial charge in [0.1, 0.15) is 0 Å². The van der Waals surface area contributed by atoms with Crippen LogP contribution in [0.15, 0.2) is 0 Å². The van der Waals surface area contributed by atoms with Crippen molar-refractivity contribution in [1.29, 1.82) is 0 Å². The Balaban J connectivity index is 2.28. The molecule has 1 rings (SSSR count). The van der Waals surface area contributed by atoms with Gasteiger partial charge in [0, 0.05) is 25.9 Å². The van der Waals surface area contributed by atoms with Gasteiger partial charge in [0.05, 0.1) is 0 Å². The number of carbonyl (C=O) groups is 2. The van der Waals surface area contributed by atoms with Crippen LogP contribution in [-0.2, 0) is 9.59 Å². The molecule has 0 spiro atoms. The highest BCUT2D eigenvalue weighted by Gasteiger charge is 2.05. The van der Waals surface area contributed by atoms with Crippen LogP contribution in [0.25, 0.3) is 0 Å². The van der Waals surface area contributed by atoms with E-state index in [4.69, 9.17) is 0 Å². The van der Waals surface area contributed by atoms with E-state index < -0.39 is 0 Å². The van der Waals surface area contributed by atoms with Gasteiger partial charge in [0.15, 0.2) is 0 Å². The number of hydrogen-bond donors (Lipinski definition) is 2. The molecule has 0 aliphatic carbocycles. The molecule has 0 aromatic rings. The van der Waals surface area contributed by atoms with Crippen LogP contribution in [0.1, 0.15) is 38.5 Å². The lowest BCUT2D eigenvalue weighted by Crippen LogP contribution is -2.31. The summed E-state index contributed by atoms with van der Waals surface area (Å²) >= 11 is 0. The maximum atomic E-state index is 11.2. The summed E-state index contributed by atoms with van der Waals surface area (Å²) < 4.78 is 0. The Kier molecular flexibility index (Phi) is 5.04. The molecule has 0 saturated carbocycles. The third-order valence-corrected chi connectivity index (χ3v) is 2.33. The SMILES string of the molecule is O=C1CCCCCCNC(=O)CCN1. The van der Waals surface area contributed by atoms with Gasteiger partial charge in [-0.05, 0) is 12.8 Å². The van der Waals surface area contributed by atoms with Crippen molar-refractivity contribution in [3.05, 3.63) is 0 Å². The van der Waals surface area contributed by atoms with Gasteiger partial charge in [-0.2, -0.15) is 0 Å². The molecule has 0 bridgehead atoms. The lowest BCUT2D eigenvalue weighted by atomic mass is 10.1. The van der Waals surface area contributed by atoms with E-state index in [-0.39, 0.29) is 11.8 Å². The molecule has 80 valence electrons. The van der Waals surface area contributed by atoms with Gasteiger partial charge in [0.2, 0.25) is 11.8 Å². The third kappa shape index (κ3) is 4.84. The summed E-state index contributed by atoms with van der Waals surface area (Å²) in [5.74, 6) is 0.101. The predicted molar refractivity (Wildman–Crippen MR) is 53.7 cm³/mol. The average Bonchev–Trinajstić information content (AvgIpc) is 2.14.